The lowest BCUT2D eigenvalue weighted by Crippen LogP contribution is -2.03. The van der Waals surface area contributed by atoms with E-state index in [4.69, 9.17) is 11.6 Å². The SMILES string of the molecule is Clc1ccc2c(c1)sc1cc(-c3ccc(C(c4ccccc4)c4ccccc4)cc3)ccc12. The van der Waals surface area contributed by atoms with Gasteiger partial charge in [0, 0.05) is 31.1 Å². The van der Waals surface area contributed by atoms with Crippen LogP contribution in [-0.4, -0.2) is 0 Å². The minimum absolute atomic E-state index is 0.219. The van der Waals surface area contributed by atoms with Crippen LogP contribution in [0.1, 0.15) is 22.6 Å². The summed E-state index contributed by atoms with van der Waals surface area (Å²) in [7, 11) is 0. The first-order chi connectivity index (χ1) is 16.3. The molecule has 5 aromatic carbocycles. The second kappa shape index (κ2) is 8.51. The van der Waals surface area contributed by atoms with Gasteiger partial charge in [-0.3, -0.25) is 0 Å². The summed E-state index contributed by atoms with van der Waals surface area (Å²) in [5, 5.41) is 3.35. The molecule has 0 unspecified atom stereocenters. The summed E-state index contributed by atoms with van der Waals surface area (Å²) in [6, 6.07) is 43.4. The van der Waals surface area contributed by atoms with E-state index in [1.54, 1.807) is 11.3 Å². The second-order valence-electron chi connectivity index (χ2n) is 8.33. The van der Waals surface area contributed by atoms with Crippen molar-refractivity contribution in [2.75, 3.05) is 0 Å². The van der Waals surface area contributed by atoms with Crippen molar-refractivity contribution in [1.82, 2.24) is 0 Å². The molecule has 0 saturated heterocycles. The smallest absolute Gasteiger partial charge is 0.0420 e. The maximum absolute atomic E-state index is 6.21. The third-order valence-electron chi connectivity index (χ3n) is 6.28. The van der Waals surface area contributed by atoms with Crippen molar-refractivity contribution < 1.29 is 0 Å². The van der Waals surface area contributed by atoms with Crippen LogP contribution in [0.25, 0.3) is 31.3 Å². The zero-order valence-electron chi connectivity index (χ0n) is 17.9. The van der Waals surface area contributed by atoms with E-state index in [0.29, 0.717) is 0 Å². The summed E-state index contributed by atoms with van der Waals surface area (Å²) in [4.78, 5) is 0. The van der Waals surface area contributed by atoms with Crippen molar-refractivity contribution in [3.63, 3.8) is 0 Å². The van der Waals surface area contributed by atoms with E-state index < -0.39 is 0 Å². The number of hydrogen-bond donors (Lipinski definition) is 0. The van der Waals surface area contributed by atoms with Gasteiger partial charge in [0.2, 0.25) is 0 Å². The summed E-state index contributed by atoms with van der Waals surface area (Å²) in [5.41, 5.74) is 6.39. The van der Waals surface area contributed by atoms with Crippen molar-refractivity contribution in [2.45, 2.75) is 5.92 Å². The molecular weight excluding hydrogens is 440 g/mol. The largest absolute Gasteiger partial charge is 0.135 e. The average Bonchev–Trinajstić information content (AvgIpc) is 3.22. The lowest BCUT2D eigenvalue weighted by atomic mass is 9.84. The van der Waals surface area contributed by atoms with Crippen molar-refractivity contribution in [1.29, 1.82) is 0 Å². The fourth-order valence-electron chi connectivity index (χ4n) is 4.67. The Balaban J connectivity index is 1.39. The monoisotopic (exact) mass is 460 g/mol. The minimum atomic E-state index is 0.219. The molecule has 1 aromatic heterocycles. The zero-order valence-corrected chi connectivity index (χ0v) is 19.5. The van der Waals surface area contributed by atoms with E-state index in [2.05, 4.69) is 115 Å². The maximum Gasteiger partial charge on any atom is 0.0420 e. The van der Waals surface area contributed by atoms with Crippen molar-refractivity contribution in [2.24, 2.45) is 0 Å². The summed E-state index contributed by atoms with van der Waals surface area (Å²) in [6.45, 7) is 0. The second-order valence-corrected chi connectivity index (χ2v) is 9.85. The lowest BCUT2D eigenvalue weighted by molar-refractivity contribution is 0.978. The molecule has 0 fully saturated rings. The van der Waals surface area contributed by atoms with Crippen molar-refractivity contribution in [3.8, 4) is 11.1 Å². The van der Waals surface area contributed by atoms with E-state index in [1.807, 2.05) is 6.07 Å². The van der Waals surface area contributed by atoms with Crippen LogP contribution >= 0.6 is 22.9 Å². The minimum Gasteiger partial charge on any atom is -0.135 e. The molecule has 0 radical (unpaired) electrons. The average molecular weight is 461 g/mol. The first-order valence-corrected chi connectivity index (χ1v) is 12.3. The van der Waals surface area contributed by atoms with Gasteiger partial charge >= 0.3 is 0 Å². The van der Waals surface area contributed by atoms with E-state index in [0.717, 1.165) is 5.02 Å². The van der Waals surface area contributed by atoms with Crippen LogP contribution in [-0.2, 0) is 0 Å². The Morgan fingerprint density at radius 3 is 1.64 bits per heavy atom. The quantitative estimate of drug-likeness (QED) is 0.230. The third kappa shape index (κ3) is 3.84. The molecule has 0 bridgehead atoms. The molecule has 158 valence electrons. The predicted molar refractivity (Wildman–Crippen MR) is 144 cm³/mol. The van der Waals surface area contributed by atoms with E-state index >= 15 is 0 Å². The Morgan fingerprint density at radius 1 is 0.485 bits per heavy atom. The van der Waals surface area contributed by atoms with Gasteiger partial charge in [-0.05, 0) is 46.0 Å². The van der Waals surface area contributed by atoms with Crippen LogP contribution in [0.15, 0.2) is 121 Å². The van der Waals surface area contributed by atoms with Gasteiger partial charge in [-0.2, -0.15) is 0 Å². The van der Waals surface area contributed by atoms with Gasteiger partial charge in [0.05, 0.1) is 0 Å². The summed E-state index contributed by atoms with van der Waals surface area (Å²) in [6.07, 6.45) is 0. The molecule has 0 spiro atoms. The Bertz CT molecular complexity index is 1510. The lowest BCUT2D eigenvalue weighted by Gasteiger charge is -2.19. The number of fused-ring (bicyclic) bond motifs is 3. The van der Waals surface area contributed by atoms with Crippen molar-refractivity contribution in [3.05, 3.63) is 143 Å². The fraction of sp³-hybridized carbons (Fsp3) is 0.0323. The number of halogens is 1. The van der Waals surface area contributed by atoms with Crippen LogP contribution in [0.5, 0.6) is 0 Å². The Kier molecular flexibility index (Phi) is 5.22. The number of thiophene rings is 1. The first-order valence-electron chi connectivity index (χ1n) is 11.1. The van der Waals surface area contributed by atoms with Gasteiger partial charge < -0.3 is 0 Å². The molecule has 0 atom stereocenters. The molecule has 33 heavy (non-hydrogen) atoms. The fourth-order valence-corrected chi connectivity index (χ4v) is 6.09. The molecule has 0 saturated carbocycles. The molecule has 1 heterocycles. The van der Waals surface area contributed by atoms with E-state index in [9.17, 15) is 0 Å². The predicted octanol–water partition coefficient (Wildman–Crippen LogP) is 9.56. The van der Waals surface area contributed by atoms with Crippen LogP contribution in [0.4, 0.5) is 0 Å². The van der Waals surface area contributed by atoms with Gasteiger partial charge in [-0.1, -0.05) is 115 Å². The summed E-state index contributed by atoms with van der Waals surface area (Å²) >= 11 is 8.01. The van der Waals surface area contributed by atoms with Crippen LogP contribution in [0.3, 0.4) is 0 Å². The number of hydrogen-bond acceptors (Lipinski definition) is 1. The third-order valence-corrected chi connectivity index (χ3v) is 7.63. The van der Waals surface area contributed by atoms with Gasteiger partial charge in [0.25, 0.3) is 0 Å². The Hall–Kier alpha value is -3.39. The molecule has 0 amide bonds. The first kappa shape index (κ1) is 20.2. The molecular formula is C31H21ClS. The standard InChI is InChI=1S/C31H21ClS/c32-26-16-18-28-27-17-15-25(19-29(27)33-30(28)20-26)21-11-13-24(14-12-21)31(22-7-3-1-4-8-22)23-9-5-2-6-10-23/h1-20,31H. The van der Waals surface area contributed by atoms with E-state index in [1.165, 1.54) is 48.0 Å². The molecule has 0 aliphatic heterocycles. The van der Waals surface area contributed by atoms with Gasteiger partial charge in [0.1, 0.15) is 0 Å². The maximum atomic E-state index is 6.21. The van der Waals surface area contributed by atoms with Gasteiger partial charge in [-0.25, -0.2) is 0 Å². The summed E-state index contributed by atoms with van der Waals surface area (Å²) in [5.74, 6) is 0.219. The Labute approximate surface area is 202 Å². The molecule has 2 heteroatoms. The molecule has 0 N–H and O–H groups in total. The Morgan fingerprint density at radius 2 is 1.00 bits per heavy atom. The highest BCUT2D eigenvalue weighted by atomic mass is 35.5. The highest BCUT2D eigenvalue weighted by Crippen LogP contribution is 2.38. The number of rotatable bonds is 4. The topological polar surface area (TPSA) is 0 Å². The normalized spacial score (nSPS) is 11.5. The molecule has 6 rings (SSSR count). The molecule has 0 aliphatic carbocycles. The van der Waals surface area contributed by atoms with Crippen molar-refractivity contribution >= 4 is 43.1 Å². The molecule has 0 aliphatic rings. The van der Waals surface area contributed by atoms with E-state index in [-0.39, 0.29) is 5.92 Å². The molecule has 0 nitrogen and oxygen atoms in total. The van der Waals surface area contributed by atoms with Gasteiger partial charge in [-0.15, -0.1) is 11.3 Å². The highest BCUT2D eigenvalue weighted by molar-refractivity contribution is 7.25. The zero-order chi connectivity index (χ0) is 22.2. The number of benzene rings is 5. The summed E-state index contributed by atoms with van der Waals surface area (Å²) < 4.78 is 2.53. The molecule has 6 aromatic rings. The van der Waals surface area contributed by atoms with Gasteiger partial charge in [0.15, 0.2) is 0 Å². The van der Waals surface area contributed by atoms with Crippen LogP contribution in [0.2, 0.25) is 5.02 Å². The highest BCUT2D eigenvalue weighted by Gasteiger charge is 2.16. The van der Waals surface area contributed by atoms with Crippen LogP contribution in [0, 0.1) is 0 Å². The van der Waals surface area contributed by atoms with Crippen LogP contribution < -0.4 is 0 Å².